The van der Waals surface area contributed by atoms with Gasteiger partial charge >= 0.3 is 0 Å². The number of nitrogens with one attached hydrogen (secondary N) is 2. The van der Waals surface area contributed by atoms with Crippen molar-refractivity contribution in [3.63, 3.8) is 0 Å². The van der Waals surface area contributed by atoms with Gasteiger partial charge in [0.25, 0.3) is 0 Å². The monoisotopic (exact) mass is 362 g/mol. The van der Waals surface area contributed by atoms with Gasteiger partial charge in [-0.05, 0) is 23.8 Å². The highest BCUT2D eigenvalue weighted by atomic mass is 15.4. The zero-order chi connectivity index (χ0) is 18.6. The highest BCUT2D eigenvalue weighted by Gasteiger charge is 2.25. The van der Waals surface area contributed by atoms with Gasteiger partial charge in [-0.2, -0.15) is 5.43 Å². The number of nitrogens with zero attached hydrogens (tertiary/aromatic N) is 4. The molecule has 0 saturated carbocycles. The zero-order valence-corrected chi connectivity index (χ0v) is 15.6. The Hall–Kier alpha value is -3.03. The van der Waals surface area contributed by atoms with Crippen LogP contribution in [-0.2, 0) is 13.6 Å². The Kier molecular flexibility index (Phi) is 4.95. The van der Waals surface area contributed by atoms with E-state index in [-0.39, 0.29) is 6.04 Å². The molecule has 1 atom stereocenters. The number of aromatic nitrogens is 3. The van der Waals surface area contributed by atoms with Crippen LogP contribution in [0.5, 0.6) is 0 Å². The number of hydrogen-bond acceptors (Lipinski definition) is 4. The average molecular weight is 362 g/mol. The summed E-state index contributed by atoms with van der Waals surface area (Å²) < 4.78 is 1.95. The van der Waals surface area contributed by atoms with E-state index in [9.17, 15) is 0 Å². The molecular formula is C20H24N7+. The summed E-state index contributed by atoms with van der Waals surface area (Å²) in [6.45, 7) is 0.622. The molecule has 0 aliphatic carbocycles. The Morgan fingerprint density at radius 2 is 2.26 bits per heavy atom. The van der Waals surface area contributed by atoms with E-state index < -0.39 is 0 Å². The van der Waals surface area contributed by atoms with Crippen molar-refractivity contribution < 1.29 is 5.43 Å². The van der Waals surface area contributed by atoms with Crippen molar-refractivity contribution in [1.29, 1.82) is 0 Å². The molecule has 1 unspecified atom stereocenters. The van der Waals surface area contributed by atoms with Crippen LogP contribution in [0.2, 0.25) is 0 Å². The fraction of sp³-hybridized carbons (Fsp3) is 0.250. The second-order valence-corrected chi connectivity index (χ2v) is 6.70. The van der Waals surface area contributed by atoms with Gasteiger partial charge in [-0.1, -0.05) is 18.2 Å². The third kappa shape index (κ3) is 3.89. The number of aryl methyl sites for hydroxylation is 1. The summed E-state index contributed by atoms with van der Waals surface area (Å²) in [6, 6.07) is 10.6. The number of hydrogen-bond donors (Lipinski definition) is 3. The van der Waals surface area contributed by atoms with Gasteiger partial charge in [0, 0.05) is 38.3 Å². The van der Waals surface area contributed by atoms with Crippen LogP contribution >= 0.6 is 0 Å². The van der Waals surface area contributed by atoms with Gasteiger partial charge in [0.1, 0.15) is 5.69 Å². The Labute approximate surface area is 158 Å². The number of aliphatic imine (C=N–C) groups is 1. The molecule has 3 aromatic rings. The molecule has 27 heavy (non-hydrogen) atoms. The summed E-state index contributed by atoms with van der Waals surface area (Å²) in [4.78, 5) is 13.7. The summed E-state index contributed by atoms with van der Waals surface area (Å²) in [6.07, 6.45) is 8.71. The molecule has 1 aromatic carbocycles. The number of rotatable bonds is 5. The molecule has 2 aromatic heterocycles. The van der Waals surface area contributed by atoms with Crippen LogP contribution in [0, 0.1) is 0 Å². The first-order valence-electron chi connectivity index (χ1n) is 9.07. The Morgan fingerprint density at radius 1 is 1.33 bits per heavy atom. The molecule has 4 N–H and O–H groups in total. The Bertz CT molecular complexity index is 1000. The lowest BCUT2D eigenvalue weighted by Gasteiger charge is -2.23. The fourth-order valence-corrected chi connectivity index (χ4v) is 3.26. The number of nitrogens with two attached hydrogens (primary N) is 1. The lowest BCUT2D eigenvalue weighted by atomic mass is 10.1. The van der Waals surface area contributed by atoms with Crippen LogP contribution in [0.1, 0.15) is 17.7 Å². The normalized spacial score (nSPS) is 18.5. The fourth-order valence-electron chi connectivity index (χ4n) is 3.26. The van der Waals surface area contributed by atoms with E-state index in [2.05, 4.69) is 56.5 Å². The second kappa shape index (κ2) is 7.69. The van der Waals surface area contributed by atoms with E-state index in [0.29, 0.717) is 6.54 Å². The van der Waals surface area contributed by atoms with E-state index in [4.69, 9.17) is 4.99 Å². The average Bonchev–Trinajstić information content (AvgIpc) is 3.13. The molecular weight excluding hydrogens is 338 g/mol. The van der Waals surface area contributed by atoms with E-state index in [1.807, 2.05) is 43.4 Å². The van der Waals surface area contributed by atoms with Gasteiger partial charge in [0.15, 0.2) is 11.9 Å². The first-order valence-corrected chi connectivity index (χ1v) is 9.07. The first kappa shape index (κ1) is 17.4. The SMILES string of the molecule is CN[NH2+]C1CC=C(c2cn(C)cn2)NC1=NCc1ccc2ncccc2c1. The third-order valence-electron chi connectivity index (χ3n) is 4.64. The lowest BCUT2D eigenvalue weighted by Crippen LogP contribution is -2.99. The van der Waals surface area contributed by atoms with Crippen LogP contribution in [-0.4, -0.2) is 33.5 Å². The first-order chi connectivity index (χ1) is 13.2. The topological polar surface area (TPSA) is 83.7 Å². The van der Waals surface area contributed by atoms with Crippen LogP contribution < -0.4 is 16.2 Å². The molecule has 1 aliphatic heterocycles. The molecule has 4 rings (SSSR count). The van der Waals surface area contributed by atoms with Gasteiger partial charge in [-0.3, -0.25) is 15.4 Å². The van der Waals surface area contributed by atoms with E-state index in [0.717, 1.165) is 34.6 Å². The van der Waals surface area contributed by atoms with E-state index in [1.165, 1.54) is 5.56 Å². The number of fused-ring (bicyclic) bond motifs is 1. The molecule has 1 aliphatic rings. The van der Waals surface area contributed by atoms with Crippen LogP contribution in [0.15, 0.2) is 60.1 Å². The second-order valence-electron chi connectivity index (χ2n) is 6.70. The van der Waals surface area contributed by atoms with Crippen LogP contribution in [0.25, 0.3) is 16.6 Å². The van der Waals surface area contributed by atoms with Gasteiger partial charge < -0.3 is 9.88 Å². The maximum Gasteiger partial charge on any atom is 0.165 e. The Morgan fingerprint density at radius 3 is 3.07 bits per heavy atom. The van der Waals surface area contributed by atoms with E-state index in [1.54, 1.807) is 0 Å². The predicted octanol–water partition coefficient (Wildman–Crippen LogP) is 0.968. The quantitative estimate of drug-likeness (QED) is 0.466. The summed E-state index contributed by atoms with van der Waals surface area (Å²) in [5, 5.41) is 4.62. The van der Waals surface area contributed by atoms with Crippen LogP contribution in [0.3, 0.4) is 0 Å². The van der Waals surface area contributed by atoms with Gasteiger partial charge in [0.05, 0.1) is 24.1 Å². The number of amidine groups is 1. The van der Waals surface area contributed by atoms with Crippen molar-refractivity contribution in [3.05, 3.63) is 66.4 Å². The third-order valence-corrected chi connectivity index (χ3v) is 4.64. The van der Waals surface area contributed by atoms with Crippen molar-refractivity contribution in [3.8, 4) is 0 Å². The van der Waals surface area contributed by atoms with Crippen molar-refractivity contribution in [1.82, 2.24) is 25.3 Å². The molecule has 0 amide bonds. The zero-order valence-electron chi connectivity index (χ0n) is 15.6. The molecule has 3 heterocycles. The molecule has 138 valence electrons. The number of imidazole rings is 1. The summed E-state index contributed by atoms with van der Waals surface area (Å²) in [5.74, 6) is 0.957. The molecule has 0 spiro atoms. The summed E-state index contributed by atoms with van der Waals surface area (Å²) >= 11 is 0. The minimum absolute atomic E-state index is 0.213. The number of benzene rings is 1. The lowest BCUT2D eigenvalue weighted by molar-refractivity contribution is -0.724. The maximum atomic E-state index is 4.88. The Balaban J connectivity index is 1.57. The smallest absolute Gasteiger partial charge is 0.165 e. The molecule has 0 radical (unpaired) electrons. The van der Waals surface area contributed by atoms with Gasteiger partial charge in [-0.25, -0.2) is 4.98 Å². The largest absolute Gasteiger partial charge is 0.340 e. The van der Waals surface area contributed by atoms with Crippen LogP contribution in [0.4, 0.5) is 0 Å². The van der Waals surface area contributed by atoms with Crippen molar-refractivity contribution in [2.45, 2.75) is 19.0 Å². The number of pyridine rings is 1. The predicted molar refractivity (Wildman–Crippen MR) is 107 cm³/mol. The highest BCUT2D eigenvalue weighted by Crippen LogP contribution is 2.17. The minimum atomic E-state index is 0.213. The summed E-state index contributed by atoms with van der Waals surface area (Å²) in [7, 11) is 3.90. The molecule has 7 nitrogen and oxygen atoms in total. The number of quaternary nitrogens is 1. The molecule has 0 saturated heterocycles. The molecule has 0 bridgehead atoms. The highest BCUT2D eigenvalue weighted by molar-refractivity contribution is 5.95. The van der Waals surface area contributed by atoms with Gasteiger partial charge in [0.2, 0.25) is 0 Å². The van der Waals surface area contributed by atoms with Crippen molar-refractivity contribution in [2.24, 2.45) is 12.0 Å². The van der Waals surface area contributed by atoms with Crippen molar-refractivity contribution in [2.75, 3.05) is 7.05 Å². The molecule has 7 heteroatoms. The molecule has 0 fully saturated rings. The standard InChI is InChI=1S/C20H23N7/c1-21-26-18-8-7-17(19-12-27(2)13-24-19)25-20(18)23-11-14-5-6-16-15(10-14)4-3-9-22-16/h3-7,9-10,12-13,18,21,26H,8,11H2,1-2H3,(H,23,25)/p+1. The summed E-state index contributed by atoms with van der Waals surface area (Å²) in [5.41, 5.74) is 9.34. The maximum absolute atomic E-state index is 4.88. The van der Waals surface area contributed by atoms with Crippen molar-refractivity contribution >= 4 is 22.4 Å². The minimum Gasteiger partial charge on any atom is -0.340 e. The van der Waals surface area contributed by atoms with Gasteiger partial charge in [-0.15, -0.1) is 0 Å². The van der Waals surface area contributed by atoms with E-state index >= 15 is 0 Å².